The first-order chi connectivity index (χ1) is 25.3. The average Bonchev–Trinajstić information content (AvgIpc) is 3.86. The zero-order valence-corrected chi connectivity index (χ0v) is 27.6. The van der Waals surface area contributed by atoms with Crippen LogP contribution in [0.25, 0.3) is 99.2 Å². The Morgan fingerprint density at radius 1 is 0.333 bits per heavy atom. The van der Waals surface area contributed by atoms with Crippen molar-refractivity contribution in [3.63, 3.8) is 0 Å². The lowest BCUT2D eigenvalue weighted by Gasteiger charge is -2.14. The summed E-state index contributed by atoms with van der Waals surface area (Å²) in [5.41, 5.74) is 13.4. The Hall–Kier alpha value is -6.84. The van der Waals surface area contributed by atoms with Crippen LogP contribution in [0, 0.1) is 0 Å². The minimum atomic E-state index is 0.890. The number of para-hydroxylation sites is 4. The number of furan rings is 1. The molecule has 11 aromatic rings. The molecular weight excluding hydrogens is 621 g/mol. The van der Waals surface area contributed by atoms with Crippen LogP contribution in [0.1, 0.15) is 0 Å². The second kappa shape index (κ2) is 10.8. The van der Waals surface area contributed by atoms with E-state index in [-0.39, 0.29) is 0 Å². The van der Waals surface area contributed by atoms with Gasteiger partial charge in [-0.05, 0) is 64.7 Å². The summed E-state index contributed by atoms with van der Waals surface area (Å²) in [6.45, 7) is 0. The van der Waals surface area contributed by atoms with Crippen LogP contribution < -0.4 is 0 Å². The first-order valence-electron chi connectivity index (χ1n) is 17.4. The molecule has 0 unspecified atom stereocenters. The smallest absolute Gasteiger partial charge is 0.159 e. The lowest BCUT2D eigenvalue weighted by molar-refractivity contribution is 0.666. The van der Waals surface area contributed by atoms with Gasteiger partial charge in [0.05, 0.1) is 27.8 Å². The van der Waals surface area contributed by atoms with Gasteiger partial charge in [-0.3, -0.25) is 0 Å². The Balaban J connectivity index is 1.24. The predicted octanol–water partition coefficient (Wildman–Crippen LogP) is 13.1. The van der Waals surface area contributed by atoms with Crippen molar-refractivity contribution in [3.05, 3.63) is 182 Å². The van der Waals surface area contributed by atoms with E-state index >= 15 is 0 Å². The molecule has 0 amide bonds. The topological polar surface area (TPSA) is 23.0 Å². The van der Waals surface area contributed by atoms with Gasteiger partial charge in [0.1, 0.15) is 5.58 Å². The predicted molar refractivity (Wildman–Crippen MR) is 213 cm³/mol. The van der Waals surface area contributed by atoms with Crippen molar-refractivity contribution in [2.45, 2.75) is 0 Å². The van der Waals surface area contributed by atoms with Crippen LogP contribution in [-0.4, -0.2) is 9.13 Å². The Morgan fingerprint density at radius 2 is 0.863 bits per heavy atom. The van der Waals surface area contributed by atoms with Gasteiger partial charge in [0, 0.05) is 38.0 Å². The summed E-state index contributed by atoms with van der Waals surface area (Å²) in [5, 5.41) is 7.11. The van der Waals surface area contributed by atoms with Gasteiger partial charge in [0.25, 0.3) is 0 Å². The third kappa shape index (κ3) is 4.12. The molecule has 0 aliphatic heterocycles. The molecule has 3 heterocycles. The van der Waals surface area contributed by atoms with Gasteiger partial charge in [-0.1, -0.05) is 140 Å². The standard InChI is InChI=1S/C48H30N2O/c1-2-13-31(14-3-1)32-15-10-16-33(29-32)34-17-11-18-35(30-34)49-42-23-7-4-19-36(42)39-27-28-40-37-20-5-8-24-43(37)50(47(40)46(39)49)44-25-12-22-41-38-21-6-9-26-45(38)51-48(41)44/h1-30H. The summed E-state index contributed by atoms with van der Waals surface area (Å²) in [7, 11) is 0. The molecule has 3 nitrogen and oxygen atoms in total. The molecule has 51 heavy (non-hydrogen) atoms. The van der Waals surface area contributed by atoms with E-state index in [1.165, 1.54) is 54.8 Å². The zero-order valence-electron chi connectivity index (χ0n) is 27.6. The Bertz CT molecular complexity index is 3140. The van der Waals surface area contributed by atoms with Crippen molar-refractivity contribution in [1.29, 1.82) is 0 Å². The van der Waals surface area contributed by atoms with Crippen LogP contribution in [0.2, 0.25) is 0 Å². The van der Waals surface area contributed by atoms with E-state index < -0.39 is 0 Å². The van der Waals surface area contributed by atoms with Gasteiger partial charge in [-0.2, -0.15) is 0 Å². The van der Waals surface area contributed by atoms with Gasteiger partial charge in [0.15, 0.2) is 5.58 Å². The molecule has 0 saturated heterocycles. The van der Waals surface area contributed by atoms with Crippen molar-refractivity contribution >= 4 is 65.6 Å². The first-order valence-corrected chi connectivity index (χ1v) is 17.4. The second-order valence-electron chi connectivity index (χ2n) is 13.3. The molecule has 8 aromatic carbocycles. The van der Waals surface area contributed by atoms with E-state index in [9.17, 15) is 0 Å². The maximum atomic E-state index is 6.67. The fraction of sp³-hybridized carbons (Fsp3) is 0. The van der Waals surface area contributed by atoms with Crippen molar-refractivity contribution < 1.29 is 4.42 Å². The minimum absolute atomic E-state index is 0.890. The molecule has 0 atom stereocenters. The highest BCUT2D eigenvalue weighted by molar-refractivity contribution is 6.24. The Labute approximate surface area is 293 Å². The molecule has 0 radical (unpaired) electrons. The molecule has 238 valence electrons. The Morgan fingerprint density at radius 3 is 1.63 bits per heavy atom. The van der Waals surface area contributed by atoms with Crippen molar-refractivity contribution in [1.82, 2.24) is 9.13 Å². The van der Waals surface area contributed by atoms with Crippen LogP contribution >= 0.6 is 0 Å². The lowest BCUT2D eigenvalue weighted by Crippen LogP contribution is -1.99. The van der Waals surface area contributed by atoms with E-state index in [0.29, 0.717) is 0 Å². The summed E-state index contributed by atoms with van der Waals surface area (Å²) < 4.78 is 11.6. The normalized spacial score (nSPS) is 11.9. The van der Waals surface area contributed by atoms with Crippen molar-refractivity contribution in [3.8, 4) is 33.6 Å². The van der Waals surface area contributed by atoms with Gasteiger partial charge in [0.2, 0.25) is 0 Å². The van der Waals surface area contributed by atoms with Crippen LogP contribution in [0.15, 0.2) is 186 Å². The van der Waals surface area contributed by atoms with E-state index in [4.69, 9.17) is 4.42 Å². The number of benzene rings is 8. The maximum Gasteiger partial charge on any atom is 0.159 e. The molecule has 3 aromatic heterocycles. The first kappa shape index (κ1) is 28.0. The summed E-state index contributed by atoms with van der Waals surface area (Å²) in [6, 6.07) is 65.4. The molecule has 0 bridgehead atoms. The lowest BCUT2D eigenvalue weighted by atomic mass is 9.99. The number of rotatable bonds is 4. The van der Waals surface area contributed by atoms with Gasteiger partial charge in [-0.25, -0.2) is 0 Å². The van der Waals surface area contributed by atoms with E-state index in [1.807, 2.05) is 6.07 Å². The molecule has 0 aliphatic carbocycles. The van der Waals surface area contributed by atoms with Gasteiger partial charge >= 0.3 is 0 Å². The fourth-order valence-electron chi connectivity index (χ4n) is 8.26. The summed E-state index contributed by atoms with van der Waals surface area (Å²) >= 11 is 0. The second-order valence-corrected chi connectivity index (χ2v) is 13.3. The van der Waals surface area contributed by atoms with E-state index in [2.05, 4.69) is 185 Å². The highest BCUT2D eigenvalue weighted by Gasteiger charge is 2.23. The highest BCUT2D eigenvalue weighted by atomic mass is 16.3. The number of hydrogen-bond acceptors (Lipinski definition) is 1. The van der Waals surface area contributed by atoms with E-state index in [0.717, 1.165) is 44.3 Å². The van der Waals surface area contributed by atoms with Crippen molar-refractivity contribution in [2.24, 2.45) is 0 Å². The number of aromatic nitrogens is 2. The molecule has 0 fully saturated rings. The number of hydrogen-bond donors (Lipinski definition) is 0. The molecule has 3 heteroatoms. The molecular formula is C48H30N2O. The SMILES string of the molecule is c1ccc(-c2cccc(-c3cccc(-n4c5ccccc5c5ccc6c7ccccc7n(-c7cccc8c7oc7ccccc78)c6c54)c3)c2)cc1. The van der Waals surface area contributed by atoms with Crippen LogP contribution in [0.5, 0.6) is 0 Å². The third-order valence-electron chi connectivity index (χ3n) is 10.5. The average molecular weight is 651 g/mol. The summed E-state index contributed by atoms with van der Waals surface area (Å²) in [4.78, 5) is 0. The monoisotopic (exact) mass is 650 g/mol. The zero-order chi connectivity index (χ0) is 33.5. The molecule has 0 N–H and O–H groups in total. The minimum Gasteiger partial charge on any atom is -0.454 e. The largest absolute Gasteiger partial charge is 0.454 e. The molecule has 0 aliphatic rings. The van der Waals surface area contributed by atoms with E-state index in [1.54, 1.807) is 0 Å². The van der Waals surface area contributed by atoms with Gasteiger partial charge in [-0.15, -0.1) is 0 Å². The molecule has 0 saturated carbocycles. The van der Waals surface area contributed by atoms with Crippen LogP contribution in [0.3, 0.4) is 0 Å². The Kier molecular flexibility index (Phi) is 5.96. The van der Waals surface area contributed by atoms with Gasteiger partial charge < -0.3 is 13.6 Å². The summed E-state index contributed by atoms with van der Waals surface area (Å²) in [6.07, 6.45) is 0. The summed E-state index contributed by atoms with van der Waals surface area (Å²) in [5.74, 6) is 0. The van der Waals surface area contributed by atoms with Crippen LogP contribution in [0.4, 0.5) is 0 Å². The fourth-order valence-corrected chi connectivity index (χ4v) is 8.26. The van der Waals surface area contributed by atoms with Crippen LogP contribution in [-0.2, 0) is 0 Å². The highest BCUT2D eigenvalue weighted by Crippen LogP contribution is 2.44. The number of fused-ring (bicyclic) bond motifs is 10. The van der Waals surface area contributed by atoms with Crippen molar-refractivity contribution in [2.75, 3.05) is 0 Å². The third-order valence-corrected chi connectivity index (χ3v) is 10.5. The quantitative estimate of drug-likeness (QED) is 0.186. The maximum absolute atomic E-state index is 6.67. The molecule has 11 rings (SSSR count). The number of nitrogens with zero attached hydrogens (tertiary/aromatic N) is 2. The molecule has 0 spiro atoms.